The highest BCUT2D eigenvalue weighted by atomic mass is 16.5. The molecule has 3 heteroatoms. The first-order valence-corrected chi connectivity index (χ1v) is 9.61. The Bertz CT molecular complexity index is 373. The summed E-state index contributed by atoms with van der Waals surface area (Å²) in [6.45, 7) is 0.310. The molecule has 0 saturated heterocycles. The molecule has 0 saturated carbocycles. The summed E-state index contributed by atoms with van der Waals surface area (Å²) >= 11 is 0. The van der Waals surface area contributed by atoms with Gasteiger partial charge in [0.2, 0.25) is 0 Å². The summed E-state index contributed by atoms with van der Waals surface area (Å²) in [5.41, 5.74) is 0. The molecule has 0 spiro atoms. The molecule has 0 unspecified atom stereocenters. The molecule has 0 aromatic heterocycles. The molecule has 0 fully saturated rings. The van der Waals surface area contributed by atoms with E-state index in [0.29, 0.717) is 18.4 Å². The van der Waals surface area contributed by atoms with Gasteiger partial charge in [-0.3, -0.25) is 0 Å². The maximum absolute atomic E-state index is 10.2. The molecule has 1 rings (SSSR count). The number of aliphatic hydroxyl groups is 2. The summed E-state index contributed by atoms with van der Waals surface area (Å²) in [5, 5.41) is 18.9. The molecule has 138 valence electrons. The summed E-state index contributed by atoms with van der Waals surface area (Å²) in [6, 6.07) is 0. The smallest absolute Gasteiger partial charge is 0.0784 e. The largest absolute Gasteiger partial charge is 0.505 e. The molecule has 24 heavy (non-hydrogen) atoms. The number of aliphatic hydroxyl groups excluding tert-OH is 2. The normalized spacial score (nSPS) is 23.7. The van der Waals surface area contributed by atoms with Crippen molar-refractivity contribution >= 4 is 0 Å². The molecule has 3 atom stereocenters. The second kappa shape index (κ2) is 14.3. The maximum Gasteiger partial charge on any atom is 0.0784 e. The first-order chi connectivity index (χ1) is 11.8. The topological polar surface area (TPSA) is 49.7 Å². The fraction of sp³-hybridized carbons (Fsp3) is 0.714. The van der Waals surface area contributed by atoms with Crippen LogP contribution >= 0.6 is 0 Å². The van der Waals surface area contributed by atoms with Gasteiger partial charge >= 0.3 is 0 Å². The van der Waals surface area contributed by atoms with Crippen molar-refractivity contribution in [3.8, 4) is 0 Å². The van der Waals surface area contributed by atoms with Gasteiger partial charge in [-0.25, -0.2) is 0 Å². The third kappa shape index (κ3) is 9.29. The van der Waals surface area contributed by atoms with E-state index in [1.54, 1.807) is 13.4 Å². The van der Waals surface area contributed by atoms with Crippen LogP contribution in [0.1, 0.15) is 64.2 Å². The summed E-state index contributed by atoms with van der Waals surface area (Å²) in [4.78, 5) is 0. The van der Waals surface area contributed by atoms with Gasteiger partial charge in [0.05, 0.1) is 19.5 Å². The Labute approximate surface area is 148 Å². The number of hydrogen-bond acceptors (Lipinski definition) is 3. The van der Waals surface area contributed by atoms with E-state index in [9.17, 15) is 5.11 Å². The highest BCUT2D eigenvalue weighted by molar-refractivity contribution is 5.14. The molecule has 0 radical (unpaired) electrons. The third-order valence-corrected chi connectivity index (χ3v) is 4.74. The summed E-state index contributed by atoms with van der Waals surface area (Å²) in [5.74, 6) is 0.746. The molecular formula is C21H36O3. The third-order valence-electron chi connectivity index (χ3n) is 4.74. The zero-order valence-electron chi connectivity index (χ0n) is 15.3. The highest BCUT2D eigenvalue weighted by Gasteiger charge is 2.27. The van der Waals surface area contributed by atoms with E-state index in [-0.39, 0.29) is 6.10 Å². The number of methoxy groups -OCH3 is 1. The number of rotatable bonds is 14. The average molecular weight is 337 g/mol. The Hall–Kier alpha value is -1.06. The van der Waals surface area contributed by atoms with Gasteiger partial charge in [0.25, 0.3) is 0 Å². The standard InChI is InChI=1S/C21H36O3/c1-24-18-12-8-4-6-10-14-20-19(15-16-21(20)23)13-9-5-2-3-7-11-17-22/h9,12-13,15-16,18-23H,2-8,10-11,14,17H2,1H3/t19-,20+,21-/m0/s1. The van der Waals surface area contributed by atoms with Crippen molar-refractivity contribution in [2.75, 3.05) is 13.7 Å². The van der Waals surface area contributed by atoms with Crippen molar-refractivity contribution in [3.63, 3.8) is 0 Å². The Kier molecular flexibility index (Phi) is 12.5. The monoisotopic (exact) mass is 336 g/mol. The van der Waals surface area contributed by atoms with Gasteiger partial charge in [0, 0.05) is 12.5 Å². The molecular weight excluding hydrogens is 300 g/mol. The van der Waals surface area contributed by atoms with E-state index in [2.05, 4.69) is 24.3 Å². The molecule has 0 aromatic rings. The summed E-state index contributed by atoms with van der Waals surface area (Å²) < 4.78 is 4.89. The predicted molar refractivity (Wildman–Crippen MR) is 101 cm³/mol. The SMILES string of the molecule is COC=CCCCCC[C@@H]1[C@@H](C=CCCCCCCO)C=C[C@@H]1O. The molecule has 1 aliphatic rings. The highest BCUT2D eigenvalue weighted by Crippen LogP contribution is 2.31. The summed E-state index contributed by atoms with van der Waals surface area (Å²) in [6.07, 6.45) is 23.5. The van der Waals surface area contributed by atoms with Crippen molar-refractivity contribution in [1.82, 2.24) is 0 Å². The first kappa shape index (κ1) is 21.0. The van der Waals surface area contributed by atoms with E-state index in [4.69, 9.17) is 9.84 Å². The van der Waals surface area contributed by atoms with Crippen molar-refractivity contribution in [2.24, 2.45) is 11.8 Å². The molecule has 3 nitrogen and oxygen atoms in total. The minimum atomic E-state index is -0.280. The molecule has 0 aliphatic heterocycles. The van der Waals surface area contributed by atoms with E-state index in [1.807, 2.05) is 6.08 Å². The van der Waals surface area contributed by atoms with E-state index >= 15 is 0 Å². The van der Waals surface area contributed by atoms with Gasteiger partial charge < -0.3 is 14.9 Å². The predicted octanol–water partition coefficient (Wildman–Crippen LogP) is 4.76. The van der Waals surface area contributed by atoms with Crippen molar-refractivity contribution in [3.05, 3.63) is 36.6 Å². The Morgan fingerprint density at radius 3 is 2.38 bits per heavy atom. The number of ether oxygens (including phenoxy) is 1. The lowest BCUT2D eigenvalue weighted by Gasteiger charge is -2.20. The zero-order chi connectivity index (χ0) is 17.5. The van der Waals surface area contributed by atoms with Crippen LogP contribution < -0.4 is 0 Å². The van der Waals surface area contributed by atoms with E-state index in [1.165, 1.54) is 32.1 Å². The zero-order valence-corrected chi connectivity index (χ0v) is 15.3. The van der Waals surface area contributed by atoms with Crippen LogP contribution in [0.5, 0.6) is 0 Å². The van der Waals surface area contributed by atoms with Crippen molar-refractivity contribution in [1.29, 1.82) is 0 Å². The summed E-state index contributed by atoms with van der Waals surface area (Å²) in [7, 11) is 1.67. The quantitative estimate of drug-likeness (QED) is 0.273. The lowest BCUT2D eigenvalue weighted by molar-refractivity contribution is 0.143. The van der Waals surface area contributed by atoms with Gasteiger partial charge in [-0.1, -0.05) is 50.0 Å². The van der Waals surface area contributed by atoms with Crippen LogP contribution in [0.15, 0.2) is 36.6 Å². The number of allylic oxidation sites excluding steroid dienone is 4. The molecule has 0 aromatic carbocycles. The van der Waals surface area contributed by atoms with Gasteiger partial charge in [0.1, 0.15) is 0 Å². The lowest BCUT2D eigenvalue weighted by atomic mass is 9.88. The average Bonchev–Trinajstić information content (AvgIpc) is 2.93. The van der Waals surface area contributed by atoms with Crippen LogP contribution in [0.3, 0.4) is 0 Å². The minimum Gasteiger partial charge on any atom is -0.505 e. The molecule has 0 amide bonds. The molecule has 0 heterocycles. The maximum atomic E-state index is 10.2. The Morgan fingerprint density at radius 2 is 1.62 bits per heavy atom. The second-order valence-corrected chi connectivity index (χ2v) is 6.72. The van der Waals surface area contributed by atoms with Crippen molar-refractivity contribution < 1.29 is 14.9 Å². The fourth-order valence-corrected chi connectivity index (χ4v) is 3.29. The molecule has 1 aliphatic carbocycles. The van der Waals surface area contributed by atoms with Crippen LogP contribution in [0.2, 0.25) is 0 Å². The van der Waals surface area contributed by atoms with E-state index in [0.717, 1.165) is 32.1 Å². The van der Waals surface area contributed by atoms with Crippen LogP contribution in [-0.4, -0.2) is 30.0 Å². The lowest BCUT2D eigenvalue weighted by Crippen LogP contribution is -2.19. The van der Waals surface area contributed by atoms with Crippen LogP contribution in [0.25, 0.3) is 0 Å². The van der Waals surface area contributed by atoms with Gasteiger partial charge in [-0.15, -0.1) is 0 Å². The number of unbranched alkanes of at least 4 members (excludes halogenated alkanes) is 7. The molecule has 2 N–H and O–H groups in total. The minimum absolute atomic E-state index is 0.280. The van der Waals surface area contributed by atoms with Crippen LogP contribution in [-0.2, 0) is 4.74 Å². The number of hydrogen-bond donors (Lipinski definition) is 2. The van der Waals surface area contributed by atoms with E-state index < -0.39 is 0 Å². The molecule has 0 bridgehead atoms. The van der Waals surface area contributed by atoms with Gasteiger partial charge in [-0.05, 0) is 50.5 Å². The second-order valence-electron chi connectivity index (χ2n) is 6.72. The first-order valence-electron chi connectivity index (χ1n) is 9.61. The van der Waals surface area contributed by atoms with Crippen LogP contribution in [0, 0.1) is 11.8 Å². The Balaban J connectivity index is 2.16. The van der Waals surface area contributed by atoms with Gasteiger partial charge in [-0.2, -0.15) is 0 Å². The van der Waals surface area contributed by atoms with Gasteiger partial charge in [0.15, 0.2) is 0 Å². The van der Waals surface area contributed by atoms with Crippen molar-refractivity contribution in [2.45, 2.75) is 70.3 Å². The Morgan fingerprint density at radius 1 is 0.917 bits per heavy atom. The fourth-order valence-electron chi connectivity index (χ4n) is 3.29. The van der Waals surface area contributed by atoms with Crippen LogP contribution in [0.4, 0.5) is 0 Å².